The van der Waals surface area contributed by atoms with Crippen molar-refractivity contribution in [3.63, 3.8) is 0 Å². The van der Waals surface area contributed by atoms with Gasteiger partial charge in [-0.2, -0.15) is 8.42 Å². The van der Waals surface area contributed by atoms with Crippen LogP contribution < -0.4 is 10.5 Å². The second-order valence-corrected chi connectivity index (χ2v) is 8.12. The minimum atomic E-state index is -4.23. The van der Waals surface area contributed by atoms with Gasteiger partial charge in [-0.05, 0) is 24.1 Å². The molecule has 0 unspecified atom stereocenters. The molecule has 0 fully saturated rings. The highest BCUT2D eigenvalue weighted by Crippen LogP contribution is 2.26. The van der Waals surface area contributed by atoms with E-state index in [-0.39, 0.29) is 18.3 Å². The summed E-state index contributed by atoms with van der Waals surface area (Å²) in [4.78, 5) is 3.84. The number of hydrogen-bond acceptors (Lipinski definition) is 5. The topological polar surface area (TPSA) is 114 Å². The first-order valence-corrected chi connectivity index (χ1v) is 8.35. The summed E-state index contributed by atoms with van der Waals surface area (Å²) >= 11 is 16.1. The zero-order valence-corrected chi connectivity index (χ0v) is 14.5. The van der Waals surface area contributed by atoms with Crippen molar-refractivity contribution in [3.05, 3.63) is 29.3 Å². The summed E-state index contributed by atoms with van der Waals surface area (Å²) in [6.07, 6.45) is 0. The van der Waals surface area contributed by atoms with Gasteiger partial charge < -0.3 is 10.8 Å². The van der Waals surface area contributed by atoms with Crippen LogP contribution in [0.1, 0.15) is 11.1 Å². The van der Waals surface area contributed by atoms with Gasteiger partial charge in [-0.3, -0.25) is 0 Å². The number of rotatable bonds is 5. The molecule has 0 aromatic heterocycles. The molecular formula is C11H14Cl3N3O4S. The Kier molecular flexibility index (Phi) is 6.57. The number of benzene rings is 1. The minimum Gasteiger partial charge on any atom is -0.508 e. The number of hydrogen-bond donors (Lipinski definition) is 3. The van der Waals surface area contributed by atoms with Gasteiger partial charge in [-0.25, -0.2) is 13.9 Å². The molecule has 0 heterocycles. The van der Waals surface area contributed by atoms with E-state index in [0.717, 1.165) is 5.56 Å². The fourth-order valence-electron chi connectivity index (χ4n) is 1.33. The normalized spacial score (nSPS) is 13.2. The Morgan fingerprint density at radius 2 is 2.09 bits per heavy atom. The molecule has 124 valence electrons. The fraction of sp³-hybridized carbons (Fsp3) is 0.364. The van der Waals surface area contributed by atoms with Gasteiger partial charge in [0.2, 0.25) is 9.75 Å². The lowest BCUT2D eigenvalue weighted by Gasteiger charge is -2.12. The van der Waals surface area contributed by atoms with E-state index >= 15 is 0 Å². The van der Waals surface area contributed by atoms with Crippen molar-refractivity contribution in [1.82, 2.24) is 4.72 Å². The summed E-state index contributed by atoms with van der Waals surface area (Å²) in [5.41, 5.74) is 6.85. The van der Waals surface area contributed by atoms with Crippen LogP contribution in [-0.2, 0) is 21.0 Å². The molecule has 11 heteroatoms. The number of aromatic hydroxyl groups is 1. The maximum Gasteiger partial charge on any atom is 0.362 e. The summed E-state index contributed by atoms with van der Waals surface area (Å²) in [7, 11) is -4.23. The van der Waals surface area contributed by atoms with Crippen molar-refractivity contribution in [2.45, 2.75) is 17.3 Å². The van der Waals surface area contributed by atoms with Crippen LogP contribution in [0.5, 0.6) is 5.75 Å². The van der Waals surface area contributed by atoms with Gasteiger partial charge in [0.1, 0.15) is 12.4 Å². The maximum absolute atomic E-state index is 11.5. The first-order valence-electron chi connectivity index (χ1n) is 5.81. The van der Waals surface area contributed by atoms with Crippen LogP contribution in [0.25, 0.3) is 0 Å². The number of aryl methyl sites for hydroxylation is 1. The lowest BCUT2D eigenvalue weighted by atomic mass is 10.1. The van der Waals surface area contributed by atoms with Crippen LogP contribution in [0, 0.1) is 6.92 Å². The molecule has 0 aliphatic carbocycles. The van der Waals surface area contributed by atoms with Crippen LogP contribution in [0.2, 0.25) is 0 Å². The third-order valence-electron chi connectivity index (χ3n) is 2.30. The number of guanidine groups is 1. The zero-order valence-electron chi connectivity index (χ0n) is 11.4. The summed E-state index contributed by atoms with van der Waals surface area (Å²) in [5, 5.41) is 9.40. The first-order chi connectivity index (χ1) is 9.98. The quantitative estimate of drug-likeness (QED) is 0.402. The number of halogens is 3. The molecule has 0 saturated carbocycles. The van der Waals surface area contributed by atoms with E-state index in [2.05, 4.69) is 9.18 Å². The predicted octanol–water partition coefficient (Wildman–Crippen LogP) is 1.74. The highest BCUT2D eigenvalue weighted by atomic mass is 35.6. The smallest absolute Gasteiger partial charge is 0.362 e. The fourth-order valence-corrected chi connectivity index (χ4v) is 2.40. The molecule has 0 atom stereocenters. The molecule has 22 heavy (non-hydrogen) atoms. The molecule has 1 aromatic carbocycles. The average Bonchev–Trinajstić information content (AvgIpc) is 2.37. The number of phenolic OH excluding ortho intramolecular Hbond substituents is 1. The van der Waals surface area contributed by atoms with Crippen LogP contribution in [0.4, 0.5) is 0 Å². The molecule has 0 bridgehead atoms. The number of nitrogens with two attached hydrogens (primary N) is 1. The third-order valence-corrected chi connectivity index (χ3v) is 3.52. The number of alkyl halides is 3. The van der Waals surface area contributed by atoms with E-state index in [1.165, 1.54) is 6.07 Å². The predicted molar refractivity (Wildman–Crippen MR) is 86.5 cm³/mol. The lowest BCUT2D eigenvalue weighted by Crippen LogP contribution is -2.39. The highest BCUT2D eigenvalue weighted by Gasteiger charge is 2.24. The third kappa shape index (κ3) is 7.37. The second kappa shape index (κ2) is 7.56. The molecule has 1 rings (SSSR count). The van der Waals surface area contributed by atoms with E-state index in [0.29, 0.717) is 5.56 Å². The molecule has 7 nitrogen and oxygen atoms in total. The van der Waals surface area contributed by atoms with Gasteiger partial charge in [0.15, 0.2) is 0 Å². The van der Waals surface area contributed by atoms with Gasteiger partial charge in [-0.15, -0.1) is 0 Å². The number of nitrogens with one attached hydrogen (secondary N) is 1. The Labute approximate surface area is 143 Å². The zero-order chi connectivity index (χ0) is 17.0. The first kappa shape index (κ1) is 19.1. The average molecular weight is 391 g/mol. The lowest BCUT2D eigenvalue weighted by molar-refractivity contribution is 0.322. The highest BCUT2D eigenvalue weighted by molar-refractivity contribution is 7.85. The number of aliphatic imine (C=N–C) groups is 1. The van der Waals surface area contributed by atoms with Gasteiger partial charge in [0.05, 0.1) is 6.54 Å². The maximum atomic E-state index is 11.5. The largest absolute Gasteiger partial charge is 0.508 e. The van der Waals surface area contributed by atoms with Crippen LogP contribution in [-0.4, -0.2) is 29.9 Å². The Balaban J connectivity index is 2.63. The summed E-state index contributed by atoms with van der Waals surface area (Å²) in [6.45, 7) is 1.16. The number of phenols is 1. The molecule has 4 N–H and O–H groups in total. The molecular weight excluding hydrogens is 377 g/mol. The Morgan fingerprint density at radius 3 is 2.64 bits per heavy atom. The molecule has 1 aromatic rings. The van der Waals surface area contributed by atoms with Crippen LogP contribution in [0.15, 0.2) is 23.2 Å². The van der Waals surface area contributed by atoms with Gasteiger partial charge in [-0.1, -0.05) is 46.9 Å². The van der Waals surface area contributed by atoms with Crippen molar-refractivity contribution >= 4 is 51.1 Å². The van der Waals surface area contributed by atoms with Crippen molar-refractivity contribution in [2.24, 2.45) is 10.7 Å². The van der Waals surface area contributed by atoms with Gasteiger partial charge >= 0.3 is 10.3 Å². The molecule has 0 aliphatic rings. The van der Waals surface area contributed by atoms with Crippen molar-refractivity contribution in [2.75, 3.05) is 6.61 Å². The van der Waals surface area contributed by atoms with E-state index in [9.17, 15) is 13.5 Å². The number of nitrogens with zero attached hydrogens (tertiary/aromatic N) is 1. The molecule has 0 spiro atoms. The van der Waals surface area contributed by atoms with Crippen molar-refractivity contribution < 1.29 is 17.7 Å². The summed E-state index contributed by atoms with van der Waals surface area (Å²) in [6, 6.07) is 4.83. The van der Waals surface area contributed by atoms with Gasteiger partial charge in [0, 0.05) is 0 Å². The van der Waals surface area contributed by atoms with E-state index in [4.69, 9.17) is 40.5 Å². The monoisotopic (exact) mass is 389 g/mol. The Hall–Kier alpha value is -0.930. The summed E-state index contributed by atoms with van der Waals surface area (Å²) < 4.78 is 27.4. The summed E-state index contributed by atoms with van der Waals surface area (Å²) in [5.74, 6) is -0.225. The molecule has 0 saturated heterocycles. The Bertz CT molecular complexity index is 659. The van der Waals surface area contributed by atoms with E-state index < -0.39 is 20.7 Å². The standard InChI is InChI=1S/C11H14Cl3N3O4S/c1-7-4-8(2-3-9(7)18)5-16-10(15)17-22(19,20)21-6-11(12,13)14/h2-4,18H,5-6H2,1H3,(H3,15,16,17). The molecule has 0 amide bonds. The van der Waals surface area contributed by atoms with Crippen LogP contribution >= 0.6 is 34.8 Å². The van der Waals surface area contributed by atoms with E-state index in [1.807, 2.05) is 4.72 Å². The molecule has 0 aliphatic heterocycles. The van der Waals surface area contributed by atoms with Crippen molar-refractivity contribution in [1.29, 1.82) is 0 Å². The van der Waals surface area contributed by atoms with Crippen molar-refractivity contribution in [3.8, 4) is 5.75 Å². The van der Waals surface area contributed by atoms with Crippen LogP contribution in [0.3, 0.4) is 0 Å². The molecule has 0 radical (unpaired) electrons. The Morgan fingerprint density at radius 1 is 1.45 bits per heavy atom. The minimum absolute atomic E-state index is 0.111. The SMILES string of the molecule is Cc1cc(CN=C(N)NS(=O)(=O)OCC(Cl)(Cl)Cl)ccc1O. The van der Waals surface area contributed by atoms with Gasteiger partial charge in [0.25, 0.3) is 0 Å². The van der Waals surface area contributed by atoms with E-state index in [1.54, 1.807) is 19.1 Å². The second-order valence-electron chi connectivity index (χ2n) is 4.26.